The number of para-hydroxylation sites is 1. The van der Waals surface area contributed by atoms with Crippen LogP contribution in [0.25, 0.3) is 11.0 Å². The predicted molar refractivity (Wildman–Crippen MR) is 129 cm³/mol. The number of amides is 3. The fourth-order valence-corrected chi connectivity index (χ4v) is 4.10. The number of ketones is 1. The maximum atomic E-state index is 13.1. The molecule has 0 bridgehead atoms. The van der Waals surface area contributed by atoms with Crippen LogP contribution in [0.1, 0.15) is 47.7 Å². The third-order valence-corrected chi connectivity index (χ3v) is 6.03. The van der Waals surface area contributed by atoms with Gasteiger partial charge in [0.1, 0.15) is 17.3 Å². The number of hydrogen-bond donors (Lipinski definition) is 2. The Morgan fingerprint density at radius 2 is 1.89 bits per heavy atom. The zero-order chi connectivity index (χ0) is 24.9. The van der Waals surface area contributed by atoms with E-state index in [0.29, 0.717) is 25.0 Å². The molecule has 3 heterocycles. The van der Waals surface area contributed by atoms with Crippen molar-refractivity contribution in [2.24, 2.45) is 5.92 Å². The first-order valence-corrected chi connectivity index (χ1v) is 11.7. The number of rotatable bonds is 6. The van der Waals surface area contributed by atoms with Gasteiger partial charge in [0.2, 0.25) is 5.91 Å². The van der Waals surface area contributed by atoms with Crippen LogP contribution in [0.3, 0.4) is 0 Å². The fourth-order valence-electron chi connectivity index (χ4n) is 4.10. The molecule has 2 unspecified atom stereocenters. The van der Waals surface area contributed by atoms with Crippen molar-refractivity contribution in [2.45, 2.75) is 38.8 Å². The molecule has 1 fully saturated rings. The summed E-state index contributed by atoms with van der Waals surface area (Å²) in [7, 11) is 0. The summed E-state index contributed by atoms with van der Waals surface area (Å²) < 4.78 is 5.60. The Hall–Kier alpha value is -4.01. The van der Waals surface area contributed by atoms with Crippen LogP contribution in [0, 0.1) is 5.92 Å². The highest BCUT2D eigenvalue weighted by molar-refractivity contribution is 6.00. The number of aromatic nitrogens is 1. The molecule has 2 atom stereocenters. The van der Waals surface area contributed by atoms with Crippen molar-refractivity contribution in [3.63, 3.8) is 0 Å². The summed E-state index contributed by atoms with van der Waals surface area (Å²) in [5, 5.41) is 6.31. The number of hydrogen-bond acceptors (Lipinski definition) is 6. The molecule has 2 N–H and O–H groups in total. The number of nitrogens with zero attached hydrogens (tertiary/aromatic N) is 2. The van der Waals surface area contributed by atoms with Crippen LogP contribution in [0.4, 0.5) is 0 Å². The molecule has 1 aromatic carbocycles. The number of carbonyl (C=O) groups is 4. The monoisotopic (exact) mass is 476 g/mol. The van der Waals surface area contributed by atoms with Gasteiger partial charge in [-0.25, -0.2) is 0 Å². The van der Waals surface area contributed by atoms with Crippen LogP contribution in [0.2, 0.25) is 0 Å². The number of furan rings is 1. The lowest BCUT2D eigenvalue weighted by atomic mass is 10.0. The van der Waals surface area contributed by atoms with Crippen LogP contribution < -0.4 is 10.6 Å². The highest BCUT2D eigenvalue weighted by atomic mass is 16.3. The summed E-state index contributed by atoms with van der Waals surface area (Å²) >= 11 is 0. The summed E-state index contributed by atoms with van der Waals surface area (Å²) in [4.78, 5) is 57.0. The largest absolute Gasteiger partial charge is 0.451 e. The predicted octanol–water partition coefficient (Wildman–Crippen LogP) is 2.57. The minimum atomic E-state index is -0.863. The lowest BCUT2D eigenvalue weighted by Crippen LogP contribution is -2.54. The van der Waals surface area contributed by atoms with E-state index in [9.17, 15) is 19.2 Å². The van der Waals surface area contributed by atoms with Gasteiger partial charge >= 0.3 is 0 Å². The molecule has 1 saturated heterocycles. The number of pyridine rings is 1. The van der Waals surface area contributed by atoms with Crippen molar-refractivity contribution < 1.29 is 23.6 Å². The maximum absolute atomic E-state index is 13.1. The second kappa shape index (κ2) is 10.5. The lowest BCUT2D eigenvalue weighted by molar-refractivity contribution is -0.129. The minimum absolute atomic E-state index is 0.110. The second-order valence-corrected chi connectivity index (χ2v) is 8.96. The number of fused-ring (bicyclic) bond motifs is 1. The summed E-state index contributed by atoms with van der Waals surface area (Å²) in [6.07, 6.45) is 2.48. The van der Waals surface area contributed by atoms with Gasteiger partial charge in [-0.3, -0.25) is 24.2 Å². The van der Waals surface area contributed by atoms with E-state index in [0.717, 1.165) is 5.39 Å². The summed E-state index contributed by atoms with van der Waals surface area (Å²) in [5.74, 6) is -1.65. The number of nitrogens with one attached hydrogen (secondary N) is 2. The van der Waals surface area contributed by atoms with E-state index in [-0.39, 0.29) is 35.6 Å². The Labute approximate surface area is 202 Å². The van der Waals surface area contributed by atoms with Crippen molar-refractivity contribution >= 4 is 34.5 Å². The van der Waals surface area contributed by atoms with Gasteiger partial charge in [-0.2, -0.15) is 0 Å². The summed E-state index contributed by atoms with van der Waals surface area (Å²) in [6.45, 7) is 3.90. The number of likely N-dealkylation sites (tertiary alicyclic amines) is 1. The van der Waals surface area contributed by atoms with E-state index in [1.807, 2.05) is 32.0 Å². The van der Waals surface area contributed by atoms with Gasteiger partial charge in [-0.05, 0) is 43.0 Å². The summed E-state index contributed by atoms with van der Waals surface area (Å²) in [5.41, 5.74) is 0.855. The first-order valence-electron chi connectivity index (χ1n) is 11.7. The molecule has 0 spiro atoms. The van der Waals surface area contributed by atoms with Crippen molar-refractivity contribution in [1.29, 1.82) is 0 Å². The van der Waals surface area contributed by atoms with E-state index in [1.54, 1.807) is 30.3 Å². The molecule has 9 heteroatoms. The third-order valence-electron chi connectivity index (χ3n) is 6.03. The molecule has 1 aliphatic rings. The molecular formula is C26H28N4O5. The number of Topliss-reactive ketones (excluding diaryl/α,β-unsaturated/α-hetero) is 1. The maximum Gasteiger partial charge on any atom is 0.287 e. The Balaban J connectivity index is 1.40. The van der Waals surface area contributed by atoms with Gasteiger partial charge < -0.3 is 20.0 Å². The van der Waals surface area contributed by atoms with E-state index in [4.69, 9.17) is 4.42 Å². The normalized spacial score (nSPS) is 17.2. The molecule has 35 heavy (non-hydrogen) atoms. The van der Waals surface area contributed by atoms with E-state index < -0.39 is 23.9 Å². The lowest BCUT2D eigenvalue weighted by Gasteiger charge is -2.24. The average molecular weight is 477 g/mol. The van der Waals surface area contributed by atoms with Crippen LogP contribution in [0.5, 0.6) is 0 Å². The molecule has 3 amide bonds. The zero-order valence-electron chi connectivity index (χ0n) is 19.7. The van der Waals surface area contributed by atoms with Crippen molar-refractivity contribution in [1.82, 2.24) is 20.5 Å². The van der Waals surface area contributed by atoms with Gasteiger partial charge in [0.05, 0.1) is 12.6 Å². The molecule has 0 saturated carbocycles. The van der Waals surface area contributed by atoms with Crippen LogP contribution in [-0.2, 0) is 9.59 Å². The average Bonchev–Trinajstić information content (AvgIpc) is 3.21. The molecule has 4 rings (SSSR count). The van der Waals surface area contributed by atoms with Gasteiger partial charge in [0.25, 0.3) is 11.8 Å². The quantitative estimate of drug-likeness (QED) is 0.564. The molecule has 0 aliphatic carbocycles. The molecule has 182 valence electrons. The van der Waals surface area contributed by atoms with Crippen molar-refractivity contribution in [2.75, 3.05) is 13.1 Å². The van der Waals surface area contributed by atoms with E-state index in [1.165, 1.54) is 11.1 Å². The highest BCUT2D eigenvalue weighted by Gasteiger charge is 2.32. The molecule has 2 aromatic heterocycles. The molecule has 0 radical (unpaired) electrons. The smallest absolute Gasteiger partial charge is 0.287 e. The fraction of sp³-hybridized carbons (Fsp3) is 0.346. The van der Waals surface area contributed by atoms with Crippen molar-refractivity contribution in [3.8, 4) is 0 Å². The van der Waals surface area contributed by atoms with E-state index in [2.05, 4.69) is 15.6 Å². The van der Waals surface area contributed by atoms with Crippen LogP contribution in [0.15, 0.2) is 59.1 Å². The van der Waals surface area contributed by atoms with Crippen LogP contribution in [-0.4, -0.2) is 58.6 Å². The summed E-state index contributed by atoms with van der Waals surface area (Å²) in [6, 6.07) is 12.3. The Morgan fingerprint density at radius 1 is 1.11 bits per heavy atom. The van der Waals surface area contributed by atoms with Gasteiger partial charge in [-0.15, -0.1) is 0 Å². The standard InChI is InChI=1S/C26H28N4O5/c1-16(2)23(29-24(32)22-14-17-8-3-4-11-21(17)35-22)25(33)28-18-10-7-13-30(15-20(18)31)26(34)19-9-5-6-12-27-19/h3-6,8-9,11-12,14,16,18,23H,7,10,13,15H2,1-2H3,(H,28,33)(H,29,32). The topological polar surface area (TPSA) is 122 Å². The zero-order valence-corrected chi connectivity index (χ0v) is 19.7. The van der Waals surface area contributed by atoms with Gasteiger partial charge in [0, 0.05) is 18.1 Å². The third kappa shape index (κ3) is 5.56. The Bertz CT molecular complexity index is 1200. The second-order valence-electron chi connectivity index (χ2n) is 8.96. The molecule has 1 aliphatic heterocycles. The minimum Gasteiger partial charge on any atom is -0.451 e. The van der Waals surface area contributed by atoms with Crippen LogP contribution >= 0.6 is 0 Å². The number of benzene rings is 1. The molecular weight excluding hydrogens is 448 g/mol. The Morgan fingerprint density at radius 3 is 2.60 bits per heavy atom. The SMILES string of the molecule is CC(C)C(NC(=O)c1cc2ccccc2o1)C(=O)NC1CCCN(C(=O)c2ccccn2)CC1=O. The number of carbonyl (C=O) groups excluding carboxylic acids is 4. The molecule has 3 aromatic rings. The van der Waals surface area contributed by atoms with Gasteiger partial charge in [0.15, 0.2) is 11.5 Å². The first-order chi connectivity index (χ1) is 16.8. The van der Waals surface area contributed by atoms with Gasteiger partial charge in [-0.1, -0.05) is 38.1 Å². The highest BCUT2D eigenvalue weighted by Crippen LogP contribution is 2.19. The van der Waals surface area contributed by atoms with E-state index >= 15 is 0 Å². The molecule has 9 nitrogen and oxygen atoms in total. The Kier molecular flexibility index (Phi) is 7.24. The first kappa shape index (κ1) is 24.1. The van der Waals surface area contributed by atoms with Crippen molar-refractivity contribution in [3.05, 3.63) is 66.2 Å².